The lowest BCUT2D eigenvalue weighted by atomic mass is 10.0. The number of nitrogens with zero attached hydrogens (tertiary/aromatic N) is 4. The van der Waals surface area contributed by atoms with Crippen LogP contribution in [0.1, 0.15) is 0 Å². The molecule has 2 aromatic carbocycles. The van der Waals surface area contributed by atoms with Crippen LogP contribution in [0, 0.1) is 0 Å². The summed E-state index contributed by atoms with van der Waals surface area (Å²) in [6.07, 6.45) is -0.617. The monoisotopic (exact) mass is 661 g/mol. The average molecular weight is 662 g/mol. The molecule has 4 atom stereocenters. The molecule has 3 aromatic heterocycles. The number of benzene rings is 2. The fourth-order valence-electron chi connectivity index (χ4n) is 5.60. The van der Waals surface area contributed by atoms with Crippen LogP contribution >= 0.6 is 33.2 Å². The van der Waals surface area contributed by atoms with Crippen molar-refractivity contribution in [2.45, 2.75) is 29.4 Å². The molecule has 10 nitrogen and oxygen atoms in total. The summed E-state index contributed by atoms with van der Waals surface area (Å²) < 4.78 is 18.3. The molecule has 5 heterocycles. The van der Waals surface area contributed by atoms with Gasteiger partial charge in [0.15, 0.2) is 11.8 Å². The number of ether oxygens (including phenoxy) is 3. The molecule has 45 heavy (non-hydrogen) atoms. The topological polar surface area (TPSA) is 123 Å². The predicted octanol–water partition coefficient (Wildman–Crippen LogP) is 6.67. The number of imidazole rings is 1. The number of carboxylic acid groups (broad SMARTS) is 1. The molecule has 2 aliphatic rings. The summed E-state index contributed by atoms with van der Waals surface area (Å²) in [5, 5.41) is 11.3. The molecule has 2 saturated heterocycles. The number of rotatable bonds is 10. The second kappa shape index (κ2) is 13.3. The molecule has 0 bridgehead atoms. The highest BCUT2D eigenvalue weighted by atomic mass is 35.5. The van der Waals surface area contributed by atoms with Gasteiger partial charge in [-0.05, 0) is 40.1 Å². The van der Waals surface area contributed by atoms with E-state index in [1.54, 1.807) is 23.1 Å². The number of pyridine rings is 2. The van der Waals surface area contributed by atoms with E-state index in [0.29, 0.717) is 34.2 Å². The van der Waals surface area contributed by atoms with Gasteiger partial charge < -0.3 is 24.3 Å². The first-order valence-electron chi connectivity index (χ1n) is 14.4. The predicted molar refractivity (Wildman–Crippen MR) is 175 cm³/mol. The van der Waals surface area contributed by atoms with Crippen LogP contribution in [0.4, 0.5) is 4.79 Å². The lowest BCUT2D eigenvalue weighted by Gasteiger charge is -2.28. The third kappa shape index (κ3) is 6.47. The molecule has 0 spiro atoms. The van der Waals surface area contributed by atoms with E-state index in [9.17, 15) is 9.90 Å². The molecule has 0 saturated carbocycles. The molecule has 13 heteroatoms. The number of fused-ring (bicyclic) bond motifs is 2. The number of aromatic amines is 1. The third-order valence-electron chi connectivity index (χ3n) is 7.76. The van der Waals surface area contributed by atoms with E-state index in [0.717, 1.165) is 21.7 Å². The molecular formula is C32H28ClN5O5S2. The molecule has 2 fully saturated rings. The van der Waals surface area contributed by atoms with Crippen molar-refractivity contribution in [3.63, 3.8) is 0 Å². The van der Waals surface area contributed by atoms with Gasteiger partial charge in [0.1, 0.15) is 17.2 Å². The van der Waals surface area contributed by atoms with Crippen LogP contribution in [0.25, 0.3) is 33.5 Å². The lowest BCUT2D eigenvalue weighted by Crippen LogP contribution is -2.48. The van der Waals surface area contributed by atoms with Crippen molar-refractivity contribution in [2.24, 2.45) is 0 Å². The van der Waals surface area contributed by atoms with Crippen molar-refractivity contribution in [3.8, 4) is 28.4 Å². The second-order valence-corrected chi connectivity index (χ2v) is 13.4. The van der Waals surface area contributed by atoms with E-state index in [1.807, 2.05) is 60.7 Å². The number of hydrogen-bond donors (Lipinski definition) is 2. The Morgan fingerprint density at radius 2 is 1.73 bits per heavy atom. The van der Waals surface area contributed by atoms with E-state index >= 15 is 0 Å². The van der Waals surface area contributed by atoms with Gasteiger partial charge in [0.2, 0.25) is 0 Å². The van der Waals surface area contributed by atoms with Gasteiger partial charge in [0.05, 0.1) is 35.5 Å². The average Bonchev–Trinajstić information content (AvgIpc) is 3.77. The van der Waals surface area contributed by atoms with Gasteiger partial charge in [-0.25, -0.2) is 14.8 Å². The minimum atomic E-state index is -1.01. The summed E-state index contributed by atoms with van der Waals surface area (Å²) in [6.45, 7) is 0.802. The Kier molecular flexibility index (Phi) is 8.81. The van der Waals surface area contributed by atoms with Crippen molar-refractivity contribution >= 4 is 50.4 Å². The Bertz CT molecular complexity index is 1780. The number of carbonyl (C=O) groups is 1. The van der Waals surface area contributed by atoms with Crippen LogP contribution in [0.15, 0.2) is 90.1 Å². The van der Waals surface area contributed by atoms with E-state index < -0.39 is 30.4 Å². The van der Waals surface area contributed by atoms with E-state index in [1.165, 1.54) is 15.7 Å². The van der Waals surface area contributed by atoms with E-state index in [4.69, 9.17) is 30.8 Å². The Hall–Kier alpha value is -3.81. The van der Waals surface area contributed by atoms with Crippen LogP contribution in [0.5, 0.6) is 6.01 Å². The molecule has 2 N–H and O–H groups in total. The summed E-state index contributed by atoms with van der Waals surface area (Å²) >= 11 is 6.65. The highest BCUT2D eigenvalue weighted by Crippen LogP contribution is 2.35. The summed E-state index contributed by atoms with van der Waals surface area (Å²) in [4.78, 5) is 30.3. The molecule has 2 aliphatic heterocycles. The van der Waals surface area contributed by atoms with Gasteiger partial charge in [-0.15, -0.1) is 0 Å². The van der Waals surface area contributed by atoms with Crippen LogP contribution in [-0.4, -0.2) is 85.9 Å². The van der Waals surface area contributed by atoms with Crippen molar-refractivity contribution in [1.82, 2.24) is 24.8 Å². The quantitative estimate of drug-likeness (QED) is 0.124. The van der Waals surface area contributed by atoms with Gasteiger partial charge in [-0.1, -0.05) is 83.1 Å². The summed E-state index contributed by atoms with van der Waals surface area (Å²) in [5.41, 5.74) is 4.84. The lowest BCUT2D eigenvalue weighted by molar-refractivity contribution is 0.0220. The van der Waals surface area contributed by atoms with Gasteiger partial charge in [0.25, 0.3) is 6.01 Å². The van der Waals surface area contributed by atoms with Crippen LogP contribution in [-0.2, 0) is 9.47 Å². The van der Waals surface area contributed by atoms with Gasteiger partial charge in [-0.3, -0.25) is 4.90 Å². The van der Waals surface area contributed by atoms with Gasteiger partial charge in [0, 0.05) is 24.1 Å². The molecule has 0 aliphatic carbocycles. The fourth-order valence-corrected chi connectivity index (χ4v) is 7.70. The van der Waals surface area contributed by atoms with Gasteiger partial charge >= 0.3 is 6.09 Å². The van der Waals surface area contributed by atoms with Crippen LogP contribution in [0.2, 0.25) is 5.02 Å². The van der Waals surface area contributed by atoms with E-state index in [2.05, 4.69) is 27.1 Å². The van der Waals surface area contributed by atoms with Gasteiger partial charge in [-0.2, -0.15) is 4.98 Å². The molecule has 0 radical (unpaired) electrons. The van der Waals surface area contributed by atoms with Crippen LogP contribution in [0.3, 0.4) is 0 Å². The standard InChI is InChI=1S/C32H28ClN5O5S2/c33-22-16-23-30(36-27(22)21-11-9-20(10-12-21)19-6-2-1-3-7-19)37-31(35-23)43-25-18-42-28-24(17-41-29(25)28)38(32(39)40)14-15-44-45-26-8-4-5-13-34-26/h1-13,16,24-25,28-29H,14-15,17-18H2,(H,39,40)(H,35,36,37)/t24-,25-,28-,29+/m0/s1. The third-order valence-corrected chi connectivity index (χ3v) is 10.3. The summed E-state index contributed by atoms with van der Waals surface area (Å²) in [7, 11) is 3.07. The van der Waals surface area contributed by atoms with Crippen molar-refractivity contribution in [1.29, 1.82) is 0 Å². The number of amides is 1. The zero-order chi connectivity index (χ0) is 30.8. The first-order valence-corrected chi connectivity index (χ1v) is 17.1. The highest BCUT2D eigenvalue weighted by Gasteiger charge is 2.52. The Labute approximate surface area is 271 Å². The molecular weight excluding hydrogens is 634 g/mol. The summed E-state index contributed by atoms with van der Waals surface area (Å²) in [6, 6.07) is 25.6. The largest absolute Gasteiger partial charge is 0.465 e. The minimum absolute atomic E-state index is 0.225. The first-order chi connectivity index (χ1) is 22.0. The molecule has 7 rings (SSSR count). The molecule has 1 amide bonds. The number of hydrogen-bond acceptors (Lipinski definition) is 9. The maximum Gasteiger partial charge on any atom is 0.407 e. The maximum absolute atomic E-state index is 12.2. The van der Waals surface area contributed by atoms with Crippen molar-refractivity contribution < 1.29 is 24.1 Å². The first kappa shape index (κ1) is 29.9. The summed E-state index contributed by atoms with van der Waals surface area (Å²) in [5.74, 6) is 0.592. The minimum Gasteiger partial charge on any atom is -0.465 e. The van der Waals surface area contributed by atoms with Crippen LogP contribution < -0.4 is 4.74 Å². The number of H-pyrrole nitrogens is 1. The Morgan fingerprint density at radius 3 is 2.51 bits per heavy atom. The zero-order valence-electron chi connectivity index (χ0n) is 23.8. The Balaban J connectivity index is 0.999. The molecule has 0 unspecified atom stereocenters. The molecule has 230 valence electrons. The Morgan fingerprint density at radius 1 is 0.978 bits per heavy atom. The SMILES string of the molecule is O=C(O)N(CCSSc1ccccn1)[C@H]1CO[C@H]2[C@H]1OC[C@@H]2Oc1nc2nc(-c3ccc(-c4ccccc4)cc3)c(Cl)cc2[nH]1. The number of nitrogens with one attached hydrogen (secondary N) is 1. The van der Waals surface area contributed by atoms with E-state index in [-0.39, 0.29) is 19.2 Å². The fraction of sp³-hybridized carbons (Fsp3) is 0.250. The number of aromatic nitrogens is 4. The normalized spacial score (nSPS) is 20.7. The number of halogens is 1. The highest BCUT2D eigenvalue weighted by molar-refractivity contribution is 8.76. The van der Waals surface area contributed by atoms with Crippen molar-refractivity contribution in [3.05, 3.63) is 90.1 Å². The maximum atomic E-state index is 12.2. The van der Waals surface area contributed by atoms with Crippen molar-refractivity contribution in [2.75, 3.05) is 25.5 Å². The molecule has 5 aromatic rings. The second-order valence-electron chi connectivity index (χ2n) is 10.5. The zero-order valence-corrected chi connectivity index (χ0v) is 26.2. The smallest absolute Gasteiger partial charge is 0.407 e.